The van der Waals surface area contributed by atoms with Crippen molar-refractivity contribution < 1.29 is 23.5 Å². The lowest BCUT2D eigenvalue weighted by atomic mass is 9.85. The van der Waals surface area contributed by atoms with Gasteiger partial charge in [0.2, 0.25) is 11.8 Å². The lowest BCUT2D eigenvalue weighted by molar-refractivity contribution is -0.148. The molecule has 1 amide bonds. The predicted octanol–water partition coefficient (Wildman–Crippen LogP) is 2.18. The minimum absolute atomic E-state index is 0.109. The number of halogens is 2. The largest absolute Gasteiger partial charge is 0.480 e. The van der Waals surface area contributed by atoms with Gasteiger partial charge in [0.15, 0.2) is 0 Å². The van der Waals surface area contributed by atoms with Crippen molar-refractivity contribution in [3.05, 3.63) is 0 Å². The molecule has 6 heteroatoms. The van der Waals surface area contributed by atoms with E-state index in [-0.39, 0.29) is 32.1 Å². The van der Waals surface area contributed by atoms with Crippen LogP contribution in [-0.4, -0.2) is 28.4 Å². The summed E-state index contributed by atoms with van der Waals surface area (Å²) in [6.07, 6.45) is -0.143. The molecule has 0 heterocycles. The molecule has 1 unspecified atom stereocenters. The van der Waals surface area contributed by atoms with Crippen LogP contribution < -0.4 is 5.32 Å². The molecule has 1 rings (SSSR count). The quantitative estimate of drug-likeness (QED) is 0.817. The summed E-state index contributed by atoms with van der Waals surface area (Å²) in [5, 5.41) is 11.5. The fourth-order valence-electron chi connectivity index (χ4n) is 1.97. The van der Waals surface area contributed by atoms with Gasteiger partial charge in [-0.15, -0.1) is 0 Å². The highest BCUT2D eigenvalue weighted by atomic mass is 19.3. The van der Waals surface area contributed by atoms with E-state index in [0.717, 1.165) is 0 Å². The number of carbonyl (C=O) groups is 2. The zero-order chi connectivity index (χ0) is 14.0. The van der Waals surface area contributed by atoms with Gasteiger partial charge < -0.3 is 10.4 Å². The number of carboxylic acid groups (broad SMARTS) is 1. The van der Waals surface area contributed by atoms with Crippen LogP contribution in [0.2, 0.25) is 0 Å². The first-order valence-corrected chi connectivity index (χ1v) is 6.13. The minimum atomic E-state index is -2.68. The Morgan fingerprint density at radius 1 is 1.39 bits per heavy atom. The molecule has 18 heavy (non-hydrogen) atoms. The van der Waals surface area contributed by atoms with Gasteiger partial charge in [-0.25, -0.2) is 13.6 Å². The van der Waals surface area contributed by atoms with Crippen molar-refractivity contribution in [2.45, 2.75) is 57.4 Å². The van der Waals surface area contributed by atoms with E-state index >= 15 is 0 Å². The number of amides is 1. The van der Waals surface area contributed by atoms with Gasteiger partial charge >= 0.3 is 5.97 Å². The Morgan fingerprint density at radius 2 is 1.89 bits per heavy atom. The number of aliphatic carboxylic acids is 1. The van der Waals surface area contributed by atoms with E-state index in [2.05, 4.69) is 5.32 Å². The van der Waals surface area contributed by atoms with Crippen LogP contribution in [0.3, 0.4) is 0 Å². The molecule has 0 spiro atoms. The van der Waals surface area contributed by atoms with Crippen LogP contribution in [0, 0.1) is 5.92 Å². The third-order valence-corrected chi connectivity index (χ3v) is 3.67. The number of hydrogen-bond acceptors (Lipinski definition) is 2. The Morgan fingerprint density at radius 3 is 2.28 bits per heavy atom. The third-order valence-electron chi connectivity index (χ3n) is 3.67. The fraction of sp³-hybridized carbons (Fsp3) is 0.833. The monoisotopic (exact) mass is 263 g/mol. The zero-order valence-electron chi connectivity index (χ0n) is 10.6. The predicted molar refractivity (Wildman–Crippen MR) is 61.4 cm³/mol. The van der Waals surface area contributed by atoms with Crippen molar-refractivity contribution in [3.8, 4) is 0 Å². The number of alkyl halides is 2. The number of carbonyl (C=O) groups excluding carboxylic acids is 1. The molecule has 1 aliphatic rings. The van der Waals surface area contributed by atoms with Crippen molar-refractivity contribution in [3.63, 3.8) is 0 Å². The highest BCUT2D eigenvalue weighted by Crippen LogP contribution is 2.36. The number of nitrogens with one attached hydrogen (secondary N) is 1. The summed E-state index contributed by atoms with van der Waals surface area (Å²) < 4.78 is 25.9. The molecule has 0 aliphatic heterocycles. The summed E-state index contributed by atoms with van der Waals surface area (Å²) in [7, 11) is 0. The lowest BCUT2D eigenvalue weighted by Crippen LogP contribution is -2.53. The molecule has 1 aliphatic carbocycles. The maximum absolute atomic E-state index is 12.9. The van der Waals surface area contributed by atoms with Crippen molar-refractivity contribution in [2.24, 2.45) is 5.92 Å². The Hall–Kier alpha value is -1.20. The fourth-order valence-corrected chi connectivity index (χ4v) is 1.97. The summed E-state index contributed by atoms with van der Waals surface area (Å²) in [4.78, 5) is 22.9. The van der Waals surface area contributed by atoms with Crippen LogP contribution in [0.1, 0.15) is 46.0 Å². The molecule has 0 radical (unpaired) electrons. The smallest absolute Gasteiger partial charge is 0.329 e. The second kappa shape index (κ2) is 5.20. The van der Waals surface area contributed by atoms with Crippen LogP contribution in [0.15, 0.2) is 0 Å². The average Bonchev–Trinajstić information content (AvgIpc) is 2.28. The third kappa shape index (κ3) is 3.40. The van der Waals surface area contributed by atoms with E-state index in [0.29, 0.717) is 0 Å². The highest BCUT2D eigenvalue weighted by Gasteiger charge is 2.40. The van der Waals surface area contributed by atoms with Crippen molar-refractivity contribution in [2.75, 3.05) is 0 Å². The summed E-state index contributed by atoms with van der Waals surface area (Å²) in [5.74, 6) is -4.73. The summed E-state index contributed by atoms with van der Waals surface area (Å²) in [5.41, 5.74) is -1.32. The summed E-state index contributed by atoms with van der Waals surface area (Å²) >= 11 is 0. The van der Waals surface area contributed by atoms with E-state index in [4.69, 9.17) is 5.11 Å². The summed E-state index contributed by atoms with van der Waals surface area (Å²) in [6, 6.07) is 0. The van der Waals surface area contributed by atoms with E-state index in [1.54, 1.807) is 6.92 Å². The number of rotatable bonds is 4. The minimum Gasteiger partial charge on any atom is -0.480 e. The molecule has 0 aromatic heterocycles. The molecular formula is C12H19F2NO3. The standard InChI is InChI=1S/C12H19F2NO3/c1-3-11(2,10(17)18)15-9(16)8-4-6-12(13,14)7-5-8/h8H,3-7H2,1-2H3,(H,15,16)(H,17,18). The van der Waals surface area contributed by atoms with E-state index < -0.39 is 29.3 Å². The number of hydrogen-bond donors (Lipinski definition) is 2. The molecule has 2 N–H and O–H groups in total. The maximum atomic E-state index is 12.9. The van der Waals surface area contributed by atoms with Crippen LogP contribution >= 0.6 is 0 Å². The van der Waals surface area contributed by atoms with Gasteiger partial charge in [0.05, 0.1) is 0 Å². The Labute approximate surface area is 105 Å². The first kappa shape index (κ1) is 14.9. The Balaban J connectivity index is 2.59. The van der Waals surface area contributed by atoms with Gasteiger partial charge in [0.25, 0.3) is 0 Å². The molecule has 0 bridgehead atoms. The molecule has 1 fully saturated rings. The van der Waals surface area contributed by atoms with Gasteiger partial charge in [-0.2, -0.15) is 0 Å². The van der Waals surface area contributed by atoms with E-state index in [1.807, 2.05) is 0 Å². The normalized spacial score (nSPS) is 23.1. The molecule has 0 saturated heterocycles. The van der Waals surface area contributed by atoms with E-state index in [9.17, 15) is 18.4 Å². The van der Waals surface area contributed by atoms with Crippen LogP contribution in [-0.2, 0) is 9.59 Å². The van der Waals surface area contributed by atoms with Gasteiger partial charge in [-0.3, -0.25) is 4.79 Å². The topological polar surface area (TPSA) is 66.4 Å². The highest BCUT2D eigenvalue weighted by molar-refractivity contribution is 5.87. The van der Waals surface area contributed by atoms with E-state index in [1.165, 1.54) is 6.92 Å². The van der Waals surface area contributed by atoms with Gasteiger partial charge in [0.1, 0.15) is 5.54 Å². The molecule has 1 saturated carbocycles. The lowest BCUT2D eigenvalue weighted by Gasteiger charge is -2.31. The van der Waals surface area contributed by atoms with Gasteiger partial charge in [-0.05, 0) is 26.2 Å². The second-order valence-corrected chi connectivity index (χ2v) is 5.11. The molecular weight excluding hydrogens is 244 g/mol. The maximum Gasteiger partial charge on any atom is 0.329 e. The number of carboxylic acids is 1. The molecule has 1 atom stereocenters. The Bertz CT molecular complexity index is 336. The van der Waals surface area contributed by atoms with Crippen molar-refractivity contribution in [1.29, 1.82) is 0 Å². The zero-order valence-corrected chi connectivity index (χ0v) is 10.6. The molecule has 0 aromatic carbocycles. The van der Waals surface area contributed by atoms with Gasteiger partial charge in [0, 0.05) is 18.8 Å². The molecule has 104 valence electrons. The van der Waals surface area contributed by atoms with Crippen LogP contribution in [0.5, 0.6) is 0 Å². The average molecular weight is 263 g/mol. The van der Waals surface area contributed by atoms with Crippen LogP contribution in [0.4, 0.5) is 8.78 Å². The van der Waals surface area contributed by atoms with Crippen molar-refractivity contribution in [1.82, 2.24) is 5.32 Å². The molecule has 0 aromatic rings. The first-order chi connectivity index (χ1) is 8.20. The first-order valence-electron chi connectivity index (χ1n) is 6.13. The SMILES string of the molecule is CCC(C)(NC(=O)C1CCC(F)(F)CC1)C(=O)O. The van der Waals surface area contributed by atoms with Crippen molar-refractivity contribution >= 4 is 11.9 Å². The Kier molecular flexibility index (Phi) is 4.29. The van der Waals surface area contributed by atoms with Crippen LogP contribution in [0.25, 0.3) is 0 Å². The summed E-state index contributed by atoms with van der Waals surface area (Å²) in [6.45, 7) is 3.08. The second-order valence-electron chi connectivity index (χ2n) is 5.11. The van der Waals surface area contributed by atoms with Gasteiger partial charge in [-0.1, -0.05) is 6.92 Å². The molecule has 4 nitrogen and oxygen atoms in total.